The molecule has 1 aromatic heterocycles. The van der Waals surface area contributed by atoms with Gasteiger partial charge in [0.25, 0.3) is 0 Å². The Morgan fingerprint density at radius 2 is 0.863 bits per heavy atom. The zero-order chi connectivity index (χ0) is 35.9. The summed E-state index contributed by atoms with van der Waals surface area (Å²) >= 11 is 0. The highest BCUT2D eigenvalue weighted by molar-refractivity contribution is 6.70. The van der Waals surface area contributed by atoms with E-state index in [-0.39, 0.29) is 54.6 Å². The third-order valence-electron chi connectivity index (χ3n) is 9.75. The summed E-state index contributed by atoms with van der Waals surface area (Å²) in [5.74, 6) is 0.445. The topological polar surface area (TPSA) is 17.8 Å². The Balaban J connectivity index is 1.59. The van der Waals surface area contributed by atoms with Crippen molar-refractivity contribution in [2.24, 2.45) is 0 Å². The maximum Gasteiger partial charge on any atom is 0.144 e. The molecule has 0 unspecified atom stereocenters. The fourth-order valence-corrected chi connectivity index (χ4v) is 7.14. The molecule has 8 rings (SSSR count). The van der Waals surface area contributed by atoms with Crippen molar-refractivity contribution in [2.75, 3.05) is 0 Å². The van der Waals surface area contributed by atoms with Crippen LogP contribution in [-0.4, -0.2) is 88.0 Å². The van der Waals surface area contributed by atoms with Gasteiger partial charge in [0.1, 0.15) is 84.3 Å². The van der Waals surface area contributed by atoms with E-state index in [1.165, 1.54) is 0 Å². The molecule has 8 aromatic rings. The van der Waals surface area contributed by atoms with E-state index in [1.54, 1.807) is 0 Å². The highest BCUT2D eigenvalue weighted by atomic mass is 15.1. The van der Waals surface area contributed by atoms with Crippen molar-refractivity contribution in [2.45, 2.75) is 0 Å². The largest absolute Gasteiger partial charge is 0.291 e. The van der Waals surface area contributed by atoms with Crippen LogP contribution in [0, 0.1) is 0 Å². The van der Waals surface area contributed by atoms with Crippen molar-refractivity contribution in [1.82, 2.24) is 9.55 Å². The zero-order valence-electron chi connectivity index (χ0n) is 27.4. The van der Waals surface area contributed by atoms with Crippen molar-refractivity contribution in [1.29, 1.82) is 0 Å². The van der Waals surface area contributed by atoms with Crippen LogP contribution in [0.25, 0.3) is 71.9 Å². The fourth-order valence-electron chi connectivity index (χ4n) is 7.14. The van der Waals surface area contributed by atoms with Gasteiger partial charge in [0.15, 0.2) is 0 Å². The number of imidazole rings is 1. The second kappa shape index (κ2) is 12.4. The van der Waals surface area contributed by atoms with Crippen LogP contribution in [0.15, 0.2) is 97.1 Å². The van der Waals surface area contributed by atoms with Gasteiger partial charge in [-0.05, 0) is 51.2 Å². The lowest BCUT2D eigenvalue weighted by molar-refractivity contribution is 1.13. The summed E-state index contributed by atoms with van der Waals surface area (Å²) < 4.78 is 2.05. The standard InChI is InChI=1S/C39H16B10N2/c40-28-26(29(41)33(45)36(48)32(28)44)18-14-15-21-22(16-18)25(17-8-2-1-3-9-17)19-10-4-5-11-20(19)38(21)51-24-13-7-6-12-23(24)50-39(51)27-30(42)34(46)37(49)35(47)31(27)43/h1-16H. The van der Waals surface area contributed by atoms with Gasteiger partial charge in [0, 0.05) is 16.3 Å². The molecule has 51 heavy (non-hydrogen) atoms. The lowest BCUT2D eigenvalue weighted by Crippen LogP contribution is -2.55. The Bertz CT molecular complexity index is 2700. The monoisotopic (exact) mass is 622 g/mol. The average molecular weight is 621 g/mol. The number of rotatable bonds is 4. The van der Waals surface area contributed by atoms with E-state index in [9.17, 15) is 0 Å². The maximum absolute atomic E-state index is 6.68. The number of fused-ring (bicyclic) bond motifs is 3. The van der Waals surface area contributed by atoms with Gasteiger partial charge >= 0.3 is 0 Å². The number of para-hydroxylation sites is 2. The number of hydrogen-bond acceptors (Lipinski definition) is 1. The third kappa shape index (κ3) is 4.97. The van der Waals surface area contributed by atoms with Crippen molar-refractivity contribution in [3.05, 3.63) is 97.1 Å². The van der Waals surface area contributed by atoms with Gasteiger partial charge in [-0.3, -0.25) is 4.57 Å². The predicted octanol–water partition coefficient (Wildman–Crippen LogP) is -1.73. The summed E-state index contributed by atoms with van der Waals surface area (Å²) in [7, 11) is 64.3. The van der Waals surface area contributed by atoms with Crippen LogP contribution in [0.3, 0.4) is 0 Å². The predicted molar refractivity (Wildman–Crippen MR) is 226 cm³/mol. The molecule has 0 N–H and O–H groups in total. The molecule has 12 heteroatoms. The molecule has 1 heterocycles. The molecule has 2 nitrogen and oxygen atoms in total. The highest BCUT2D eigenvalue weighted by Crippen LogP contribution is 2.44. The first-order chi connectivity index (χ1) is 24.5. The number of aromatic nitrogens is 2. The van der Waals surface area contributed by atoms with E-state index in [1.807, 2.05) is 77.4 Å². The normalized spacial score (nSPS) is 11.5. The molecule has 0 saturated carbocycles. The van der Waals surface area contributed by atoms with Gasteiger partial charge in [0.05, 0.1) is 16.7 Å². The molecule has 0 spiro atoms. The van der Waals surface area contributed by atoms with Crippen molar-refractivity contribution in [3.63, 3.8) is 0 Å². The number of hydrogen-bond donors (Lipinski definition) is 0. The summed E-state index contributed by atoms with van der Waals surface area (Å²) in [5.41, 5.74) is 7.62. The van der Waals surface area contributed by atoms with Crippen molar-refractivity contribution < 1.29 is 0 Å². The molecule has 20 radical (unpaired) electrons. The average Bonchev–Trinajstić information content (AvgIpc) is 3.52. The summed E-state index contributed by atoms with van der Waals surface area (Å²) in [5, 5.41) is 3.68. The van der Waals surface area contributed by atoms with Crippen LogP contribution < -0.4 is 54.6 Å². The van der Waals surface area contributed by atoms with Crippen LogP contribution in [0.5, 0.6) is 0 Å². The Labute approximate surface area is 310 Å². The molecule has 0 fully saturated rings. The van der Waals surface area contributed by atoms with Gasteiger partial charge in [-0.15, -0.1) is 32.8 Å². The molecule has 0 atom stereocenters. The fraction of sp³-hybridized carbons (Fsp3) is 0. The number of nitrogens with zero attached hydrogens (tertiary/aromatic N) is 2. The minimum absolute atomic E-state index is 0.120. The Hall–Kier alpha value is -4.82. The van der Waals surface area contributed by atoms with Gasteiger partial charge in [-0.25, -0.2) is 4.98 Å². The van der Waals surface area contributed by atoms with E-state index in [0.717, 1.165) is 43.9 Å². The van der Waals surface area contributed by atoms with E-state index >= 15 is 0 Å². The molecule has 0 saturated heterocycles. The second-order valence-corrected chi connectivity index (χ2v) is 12.5. The molecule has 0 bridgehead atoms. The van der Waals surface area contributed by atoms with Crippen LogP contribution in [0.2, 0.25) is 0 Å². The molecule has 0 aliphatic carbocycles. The Morgan fingerprint density at radius 3 is 1.49 bits per heavy atom. The van der Waals surface area contributed by atoms with Crippen molar-refractivity contribution in [3.8, 4) is 39.3 Å². The number of benzene rings is 7. The van der Waals surface area contributed by atoms with E-state index in [2.05, 4.69) is 24.3 Å². The van der Waals surface area contributed by atoms with Gasteiger partial charge in [0.2, 0.25) is 0 Å². The SMILES string of the molecule is [B]c1c([B])c([B])c(-c2ccc3c(-n4c(-c5c([B])c([B])c([B])c([B])c5[B])nc5ccccc54)c4ccccc4c(-c4ccccc4)c3c2)c([B])c1[B]. The van der Waals surface area contributed by atoms with Crippen LogP contribution in [-0.2, 0) is 0 Å². The molecule has 7 aromatic carbocycles. The summed E-state index contributed by atoms with van der Waals surface area (Å²) in [4.78, 5) is 5.08. The third-order valence-corrected chi connectivity index (χ3v) is 9.75. The molecule has 0 aliphatic heterocycles. The Kier molecular flexibility index (Phi) is 8.13. The molecule has 0 aliphatic rings. The van der Waals surface area contributed by atoms with Crippen LogP contribution >= 0.6 is 0 Å². The van der Waals surface area contributed by atoms with E-state index in [4.69, 9.17) is 83.4 Å². The van der Waals surface area contributed by atoms with Crippen LogP contribution in [0.4, 0.5) is 0 Å². The van der Waals surface area contributed by atoms with Crippen LogP contribution in [0.1, 0.15) is 0 Å². The maximum atomic E-state index is 6.68. The smallest absolute Gasteiger partial charge is 0.144 e. The van der Waals surface area contributed by atoms with Gasteiger partial charge < -0.3 is 0 Å². The lowest BCUT2D eigenvalue weighted by Gasteiger charge is -2.25. The van der Waals surface area contributed by atoms with Gasteiger partial charge in [-0.2, -0.15) is 0 Å². The van der Waals surface area contributed by atoms with E-state index in [0.29, 0.717) is 28.0 Å². The first kappa shape index (κ1) is 33.3. The molecule has 0 amide bonds. The first-order valence-corrected chi connectivity index (χ1v) is 16.1. The summed E-state index contributed by atoms with van der Waals surface area (Å²) in [6, 6.07) is 32.1. The minimum atomic E-state index is 0.120. The quantitative estimate of drug-likeness (QED) is 0.169. The Morgan fingerprint density at radius 1 is 0.373 bits per heavy atom. The van der Waals surface area contributed by atoms with E-state index < -0.39 is 0 Å². The lowest BCUT2D eigenvalue weighted by atomic mass is 9.59. The molecular formula is C39H16B10N2. The minimum Gasteiger partial charge on any atom is -0.291 e. The van der Waals surface area contributed by atoms with Gasteiger partial charge in [-0.1, -0.05) is 101 Å². The van der Waals surface area contributed by atoms with Crippen molar-refractivity contribution >= 4 is 166 Å². The molecule has 212 valence electrons. The molecular weight excluding hydrogens is 605 g/mol. The first-order valence-electron chi connectivity index (χ1n) is 16.1. The summed E-state index contributed by atoms with van der Waals surface area (Å²) in [6.45, 7) is 0. The summed E-state index contributed by atoms with van der Waals surface area (Å²) in [6.07, 6.45) is 0. The zero-order valence-corrected chi connectivity index (χ0v) is 27.4. The second-order valence-electron chi connectivity index (χ2n) is 12.5. The highest BCUT2D eigenvalue weighted by Gasteiger charge is 2.25.